The van der Waals surface area contributed by atoms with Crippen molar-refractivity contribution >= 4 is 73.7 Å². The number of amides is 4. The lowest BCUT2D eigenvalue weighted by Gasteiger charge is -2.44. The van der Waals surface area contributed by atoms with Gasteiger partial charge in [0.2, 0.25) is 11.4 Å². The lowest BCUT2D eigenvalue weighted by atomic mass is 9.98. The predicted octanol–water partition coefficient (Wildman–Crippen LogP) is -0.0801. The summed E-state index contributed by atoms with van der Waals surface area (Å²) >= 11 is 6.93. The van der Waals surface area contributed by atoms with Crippen LogP contribution < -0.4 is 16.4 Å². The van der Waals surface area contributed by atoms with Crippen molar-refractivity contribution in [2.75, 3.05) is 25.4 Å². The number of oxime groups is 1. The molecule has 0 aliphatic carbocycles. The number of carboxylic acids is 1. The number of nitrogens with two attached hydrogens (primary N) is 1. The maximum Gasteiger partial charge on any atom is 0.362 e. The molecule has 0 unspecified atom stereocenters. The molecule has 52 heavy (non-hydrogen) atoms. The highest BCUT2D eigenvalue weighted by Crippen LogP contribution is 2.37. The van der Waals surface area contributed by atoms with Crippen LogP contribution in [0.5, 0.6) is 11.5 Å². The van der Waals surface area contributed by atoms with Crippen LogP contribution in [0.2, 0.25) is 5.02 Å². The molecule has 4 heterocycles. The van der Waals surface area contributed by atoms with Gasteiger partial charge in [-0.2, -0.15) is 8.42 Å². The summed E-state index contributed by atoms with van der Waals surface area (Å²) in [5.74, 6) is -7.14. The zero-order valence-electron chi connectivity index (χ0n) is 26.8. The average Bonchev–Trinajstić information content (AvgIpc) is 3.85. The second-order valence-electron chi connectivity index (χ2n) is 11.9. The van der Waals surface area contributed by atoms with E-state index in [1.165, 1.54) is 22.4 Å². The molecule has 4 amide bonds. The molecule has 21 nitrogen and oxygen atoms in total. The molecule has 278 valence electrons. The van der Waals surface area contributed by atoms with E-state index in [1.807, 2.05) is 0 Å². The summed E-state index contributed by atoms with van der Waals surface area (Å²) in [6, 6.07) is 0.471. The molecule has 2 fully saturated rings. The number of nitrogens with zero attached hydrogens (tertiary/aromatic N) is 5. The van der Waals surface area contributed by atoms with Crippen LogP contribution in [0, 0.1) is 0 Å². The molecule has 8 N–H and O–H groups in total. The maximum atomic E-state index is 13.3. The molecular weight excluding hydrogens is 756 g/mol. The zero-order chi connectivity index (χ0) is 38.3. The highest BCUT2D eigenvalue weighted by Gasteiger charge is 2.54. The van der Waals surface area contributed by atoms with Crippen molar-refractivity contribution < 1.29 is 61.6 Å². The number of halogens is 1. The summed E-state index contributed by atoms with van der Waals surface area (Å²) < 4.78 is 38.9. The van der Waals surface area contributed by atoms with Crippen LogP contribution in [0.25, 0.3) is 0 Å². The molecule has 3 atom stereocenters. The van der Waals surface area contributed by atoms with Gasteiger partial charge in [0.15, 0.2) is 22.3 Å². The van der Waals surface area contributed by atoms with Crippen LogP contribution in [0.15, 0.2) is 33.3 Å². The molecule has 2 aromatic heterocycles. The number of aliphatic carboxylic acids is 1. The molecule has 1 aromatic carbocycles. The zero-order valence-corrected chi connectivity index (χ0v) is 29.2. The number of hydrogen-bond donors (Lipinski definition) is 7. The second kappa shape index (κ2) is 14.2. The molecule has 0 saturated carbocycles. The van der Waals surface area contributed by atoms with E-state index in [1.54, 1.807) is 0 Å². The number of carbonyl (C=O) groups excluding carboxylic acids is 4. The van der Waals surface area contributed by atoms with E-state index in [-0.39, 0.29) is 50.5 Å². The number of phenolic OH excluding ortho intramolecular Hbond substituents is 2. The van der Waals surface area contributed by atoms with Crippen molar-refractivity contribution in [2.45, 2.75) is 43.9 Å². The van der Waals surface area contributed by atoms with Gasteiger partial charge in [-0.1, -0.05) is 21.9 Å². The largest absolute Gasteiger partial charge is 0.504 e. The fraction of sp³-hybridized carbons (Fsp3) is 0.357. The van der Waals surface area contributed by atoms with Gasteiger partial charge in [-0.25, -0.2) is 14.1 Å². The van der Waals surface area contributed by atoms with Gasteiger partial charge < -0.3 is 45.9 Å². The predicted molar refractivity (Wildman–Crippen MR) is 177 cm³/mol. The Bertz CT molecular complexity index is 2100. The maximum absolute atomic E-state index is 13.3. The Kier molecular flexibility index (Phi) is 10.3. The standard InChI is InChI=1S/C28H29ClN8O13S2/c1-28(2,26(44)45)50-35-19(14-10-51-27(30)32-14)23(41)33-20-15(37(25(20)43)52(46,47)48)8-31-22(40)17-7-13(34-49-17)11-5-6-36(9-11)24(42)12-3-4-16(38)21(39)18(12)29/h3-4,7,10-11,15,20,38-39H,5-6,8-9H2,1-2H3,(H2,30,32)(H,31,40)(H,33,41)(H,44,45)(H,46,47,48)/b35-19-/t11-,15-,20+/m1/s1. The Hall–Kier alpha value is -5.52. The number of phenols is 2. The molecular formula is C28H29ClN8O13S2. The minimum absolute atomic E-state index is 0.000291. The van der Waals surface area contributed by atoms with Crippen LogP contribution in [0.4, 0.5) is 5.13 Å². The van der Waals surface area contributed by atoms with Crippen LogP contribution in [-0.4, -0.2) is 120 Å². The summed E-state index contributed by atoms with van der Waals surface area (Å²) in [5, 5.41) is 41.9. The third kappa shape index (κ3) is 7.56. The second-order valence-corrected chi connectivity index (χ2v) is 14.5. The average molecular weight is 785 g/mol. The minimum atomic E-state index is -5.17. The highest BCUT2D eigenvalue weighted by molar-refractivity contribution is 7.84. The van der Waals surface area contributed by atoms with Crippen molar-refractivity contribution in [3.8, 4) is 11.5 Å². The van der Waals surface area contributed by atoms with Crippen LogP contribution in [0.1, 0.15) is 58.5 Å². The number of aromatic nitrogens is 2. The first-order valence-corrected chi connectivity index (χ1v) is 17.5. The molecule has 0 bridgehead atoms. The number of β-lactam (4-membered cyclic amide) rings is 1. The van der Waals surface area contributed by atoms with Gasteiger partial charge in [-0.05, 0) is 32.4 Å². The van der Waals surface area contributed by atoms with E-state index in [0.717, 1.165) is 31.3 Å². The van der Waals surface area contributed by atoms with E-state index in [4.69, 9.17) is 26.7 Å². The van der Waals surface area contributed by atoms with Crippen molar-refractivity contribution in [1.29, 1.82) is 0 Å². The number of carbonyl (C=O) groups is 5. The number of hydrogen-bond acceptors (Lipinski definition) is 16. The van der Waals surface area contributed by atoms with E-state index in [9.17, 15) is 52.3 Å². The number of nitrogen functional groups attached to an aromatic ring is 1. The number of likely N-dealkylation sites (tertiary alicyclic amines) is 1. The van der Waals surface area contributed by atoms with Crippen molar-refractivity contribution in [2.24, 2.45) is 5.16 Å². The number of thiazole rings is 1. The van der Waals surface area contributed by atoms with Crippen molar-refractivity contribution in [1.82, 2.24) is 30.0 Å². The smallest absolute Gasteiger partial charge is 0.362 e. The fourth-order valence-corrected chi connectivity index (χ4v) is 6.79. The first-order valence-electron chi connectivity index (χ1n) is 14.9. The van der Waals surface area contributed by atoms with Gasteiger partial charge in [0.05, 0.1) is 22.3 Å². The van der Waals surface area contributed by atoms with E-state index in [2.05, 4.69) is 25.9 Å². The molecule has 24 heteroatoms. The molecule has 2 aliphatic rings. The number of aromatic hydroxyl groups is 2. The number of carboxylic acid groups (broad SMARTS) is 1. The van der Waals surface area contributed by atoms with Crippen LogP contribution >= 0.6 is 22.9 Å². The minimum Gasteiger partial charge on any atom is -0.504 e. The molecule has 0 radical (unpaired) electrons. The Balaban J connectivity index is 1.26. The first kappa shape index (κ1) is 37.7. The summed E-state index contributed by atoms with van der Waals surface area (Å²) in [5.41, 5.74) is 3.22. The Morgan fingerprint density at radius 2 is 1.96 bits per heavy atom. The van der Waals surface area contributed by atoms with Crippen molar-refractivity contribution in [3.05, 3.63) is 51.3 Å². The SMILES string of the molecule is CC(C)(O/N=C(\C(=O)N[C@@H]1C(=O)N(S(=O)(=O)O)[C@@H]1CNC(=O)c1cc([C@@H]2CCN(C(=O)c3ccc(O)c(O)c3Cl)C2)no1)c1csc(N)n1)C(=O)O. The van der Waals surface area contributed by atoms with E-state index >= 15 is 0 Å². The molecule has 0 spiro atoms. The Morgan fingerprint density at radius 1 is 1.25 bits per heavy atom. The van der Waals surface area contributed by atoms with Crippen LogP contribution in [0.3, 0.4) is 0 Å². The lowest BCUT2D eigenvalue weighted by Crippen LogP contribution is -2.74. The van der Waals surface area contributed by atoms with Gasteiger partial charge in [0.1, 0.15) is 11.7 Å². The summed E-state index contributed by atoms with van der Waals surface area (Å²) in [6.07, 6.45) is 0.410. The lowest BCUT2D eigenvalue weighted by molar-refractivity contribution is -0.161. The van der Waals surface area contributed by atoms with Gasteiger partial charge >= 0.3 is 16.3 Å². The summed E-state index contributed by atoms with van der Waals surface area (Å²) in [4.78, 5) is 73.9. The van der Waals surface area contributed by atoms with Crippen molar-refractivity contribution in [3.63, 3.8) is 0 Å². The Morgan fingerprint density at radius 3 is 2.60 bits per heavy atom. The Labute approximate surface area is 301 Å². The fourth-order valence-electron chi connectivity index (χ4n) is 5.12. The number of anilines is 1. The quantitative estimate of drug-likeness (QED) is 0.0415. The number of benzene rings is 1. The van der Waals surface area contributed by atoms with E-state index in [0.29, 0.717) is 12.1 Å². The third-order valence-electron chi connectivity index (χ3n) is 8.01. The summed E-state index contributed by atoms with van der Waals surface area (Å²) in [6.45, 7) is 2.04. The van der Waals surface area contributed by atoms with Gasteiger partial charge in [0.25, 0.3) is 23.6 Å². The van der Waals surface area contributed by atoms with Gasteiger partial charge in [0, 0.05) is 37.0 Å². The number of nitrogens with one attached hydrogen (secondary N) is 2. The van der Waals surface area contributed by atoms with Crippen LogP contribution in [-0.2, 0) is 29.5 Å². The summed E-state index contributed by atoms with van der Waals surface area (Å²) in [7, 11) is -5.17. The van der Waals surface area contributed by atoms with Gasteiger partial charge in [-0.3, -0.25) is 23.7 Å². The normalized spacial score (nSPS) is 19.3. The number of rotatable bonds is 12. The molecule has 2 saturated heterocycles. The third-order valence-corrected chi connectivity index (χ3v) is 10.0. The highest BCUT2D eigenvalue weighted by atomic mass is 35.5. The topological polar surface area (TPSA) is 317 Å². The van der Waals surface area contributed by atoms with E-state index < -0.39 is 81.3 Å². The monoisotopic (exact) mass is 784 g/mol. The molecule has 3 aromatic rings. The molecule has 5 rings (SSSR count). The molecule has 2 aliphatic heterocycles. The van der Waals surface area contributed by atoms with Gasteiger partial charge in [-0.15, -0.1) is 11.3 Å². The first-order chi connectivity index (χ1) is 24.3.